The van der Waals surface area contributed by atoms with Gasteiger partial charge in [0.1, 0.15) is 9.90 Å². The lowest BCUT2D eigenvalue weighted by molar-refractivity contribution is 0.0992. The van der Waals surface area contributed by atoms with E-state index in [9.17, 15) is 13.2 Å². The first kappa shape index (κ1) is 15.3. The van der Waals surface area contributed by atoms with Gasteiger partial charge in [0.05, 0.1) is 16.3 Å². The van der Waals surface area contributed by atoms with E-state index in [1.807, 2.05) is 4.90 Å². The van der Waals surface area contributed by atoms with Gasteiger partial charge in [-0.25, -0.2) is 8.42 Å². The predicted octanol–water partition coefficient (Wildman–Crippen LogP) is 2.32. The van der Waals surface area contributed by atoms with E-state index in [2.05, 4.69) is 0 Å². The summed E-state index contributed by atoms with van der Waals surface area (Å²) < 4.78 is 24.6. The molecule has 0 aromatic carbocycles. The summed E-state index contributed by atoms with van der Waals surface area (Å²) in [5.74, 6) is -0.0976. The monoisotopic (exact) mass is 316 g/mol. The lowest BCUT2D eigenvalue weighted by Crippen LogP contribution is -2.19. The average molecular weight is 316 g/mol. The van der Waals surface area contributed by atoms with Crippen LogP contribution in [0.2, 0.25) is 0 Å². The second-order valence-electron chi connectivity index (χ2n) is 4.85. The molecular formula is C13H20N2O3S2. The number of nitrogens with two attached hydrogens (primary N) is 1. The molecule has 7 heteroatoms. The predicted molar refractivity (Wildman–Crippen MR) is 82.5 cm³/mol. The molecule has 1 aromatic rings. The molecule has 2 heterocycles. The highest BCUT2D eigenvalue weighted by Gasteiger charge is 2.31. The van der Waals surface area contributed by atoms with Crippen molar-refractivity contribution in [2.45, 2.75) is 38.0 Å². The molecule has 1 aliphatic heterocycles. The molecule has 1 fully saturated rings. The third-order valence-corrected chi connectivity index (χ3v) is 6.77. The third kappa shape index (κ3) is 2.56. The highest BCUT2D eigenvalue weighted by molar-refractivity contribution is 7.92. The summed E-state index contributed by atoms with van der Waals surface area (Å²) in [7, 11) is -3.43. The maximum absolute atomic E-state index is 12.3. The van der Waals surface area contributed by atoms with Crippen LogP contribution in [0.25, 0.3) is 0 Å². The molecule has 112 valence electrons. The molecule has 1 saturated heterocycles. The van der Waals surface area contributed by atoms with Crippen LogP contribution < -0.4 is 10.6 Å². The normalized spacial score (nSPS) is 15.8. The molecule has 1 aliphatic rings. The van der Waals surface area contributed by atoms with Gasteiger partial charge >= 0.3 is 0 Å². The summed E-state index contributed by atoms with van der Waals surface area (Å²) >= 11 is 1.23. The summed E-state index contributed by atoms with van der Waals surface area (Å²) in [5.41, 5.74) is 6.14. The van der Waals surface area contributed by atoms with Crippen molar-refractivity contribution in [1.29, 1.82) is 0 Å². The van der Waals surface area contributed by atoms with Gasteiger partial charge in [0, 0.05) is 19.5 Å². The number of hydrogen-bond donors (Lipinski definition) is 1. The van der Waals surface area contributed by atoms with Gasteiger partial charge in [-0.1, -0.05) is 13.8 Å². The highest BCUT2D eigenvalue weighted by atomic mass is 32.2. The van der Waals surface area contributed by atoms with Crippen LogP contribution in [-0.4, -0.2) is 33.0 Å². The van der Waals surface area contributed by atoms with Crippen LogP contribution in [0, 0.1) is 0 Å². The Morgan fingerprint density at radius 2 is 1.90 bits per heavy atom. The number of hydrogen-bond acceptors (Lipinski definition) is 6. The number of nitrogens with zero attached hydrogens (tertiary/aromatic N) is 1. The molecule has 0 aliphatic carbocycles. The average Bonchev–Trinajstić information content (AvgIpc) is 3.05. The van der Waals surface area contributed by atoms with Gasteiger partial charge in [0.15, 0.2) is 15.6 Å². The molecule has 0 saturated carbocycles. The molecule has 0 spiro atoms. The zero-order chi connectivity index (χ0) is 14.9. The maximum atomic E-state index is 12.3. The molecule has 0 unspecified atom stereocenters. The van der Waals surface area contributed by atoms with E-state index < -0.39 is 9.84 Å². The molecule has 0 amide bonds. The van der Waals surface area contributed by atoms with Crippen LogP contribution in [-0.2, 0) is 9.84 Å². The standard InChI is InChI=1S/C13H20N2O3S2/c1-3-9(16)11-10(14)12(20(17,18)4-2)13(19-11)15-7-5-6-8-15/h3-8,14H2,1-2H3. The number of carbonyl (C=O) groups is 1. The fourth-order valence-electron chi connectivity index (χ4n) is 2.36. The summed E-state index contributed by atoms with van der Waals surface area (Å²) in [5, 5.41) is 0.652. The van der Waals surface area contributed by atoms with Crippen molar-refractivity contribution in [3.8, 4) is 0 Å². The Balaban J connectivity index is 2.62. The van der Waals surface area contributed by atoms with Crippen molar-refractivity contribution < 1.29 is 13.2 Å². The first-order valence-corrected chi connectivity index (χ1v) is 9.32. The summed E-state index contributed by atoms with van der Waals surface area (Å²) in [6.45, 7) is 5.00. The van der Waals surface area contributed by atoms with Crippen LogP contribution in [0.5, 0.6) is 0 Å². The number of Topliss-reactive ketones (excluding diaryl/α,β-unsaturated/α-hetero) is 1. The Bertz CT molecular complexity index is 614. The number of rotatable bonds is 5. The minimum Gasteiger partial charge on any atom is -0.396 e. The van der Waals surface area contributed by atoms with Gasteiger partial charge < -0.3 is 10.6 Å². The van der Waals surface area contributed by atoms with E-state index in [0.717, 1.165) is 25.9 Å². The second-order valence-corrected chi connectivity index (χ2v) is 8.07. The molecule has 0 atom stereocenters. The number of thiophene rings is 1. The maximum Gasteiger partial charge on any atom is 0.183 e. The zero-order valence-electron chi connectivity index (χ0n) is 11.8. The van der Waals surface area contributed by atoms with Crippen LogP contribution in [0.3, 0.4) is 0 Å². The van der Waals surface area contributed by atoms with Gasteiger partial charge in [-0.2, -0.15) is 0 Å². The molecular weight excluding hydrogens is 296 g/mol. The zero-order valence-corrected chi connectivity index (χ0v) is 13.4. The van der Waals surface area contributed by atoms with E-state index in [-0.39, 0.29) is 22.1 Å². The smallest absolute Gasteiger partial charge is 0.183 e. The summed E-state index contributed by atoms with van der Waals surface area (Å²) in [6.07, 6.45) is 2.41. The molecule has 20 heavy (non-hydrogen) atoms. The minimum atomic E-state index is -3.43. The van der Waals surface area contributed by atoms with Gasteiger partial charge in [-0.05, 0) is 12.8 Å². The van der Waals surface area contributed by atoms with Crippen LogP contribution in [0.15, 0.2) is 4.90 Å². The number of sulfone groups is 1. The SMILES string of the molecule is CCC(=O)c1sc(N2CCCC2)c(S(=O)(=O)CC)c1N. The van der Waals surface area contributed by atoms with Crippen LogP contribution in [0.1, 0.15) is 42.8 Å². The van der Waals surface area contributed by atoms with E-state index >= 15 is 0 Å². The second kappa shape index (κ2) is 5.73. The largest absolute Gasteiger partial charge is 0.396 e. The Hall–Kier alpha value is -1.08. The molecule has 1 aromatic heterocycles. The molecule has 5 nitrogen and oxygen atoms in total. The van der Waals surface area contributed by atoms with Crippen molar-refractivity contribution >= 4 is 37.6 Å². The third-order valence-electron chi connectivity index (χ3n) is 3.54. The first-order valence-electron chi connectivity index (χ1n) is 6.85. The molecule has 0 bridgehead atoms. The van der Waals surface area contributed by atoms with Crippen molar-refractivity contribution in [3.63, 3.8) is 0 Å². The van der Waals surface area contributed by atoms with E-state index in [4.69, 9.17) is 5.73 Å². The van der Waals surface area contributed by atoms with E-state index in [0.29, 0.717) is 16.3 Å². The Labute approximate surface area is 123 Å². The molecule has 0 radical (unpaired) electrons. The minimum absolute atomic E-state index is 0.00543. The topological polar surface area (TPSA) is 80.5 Å². The first-order chi connectivity index (χ1) is 9.42. The van der Waals surface area contributed by atoms with Crippen molar-refractivity contribution in [1.82, 2.24) is 0 Å². The Morgan fingerprint density at radius 3 is 2.40 bits per heavy atom. The summed E-state index contributed by atoms with van der Waals surface area (Å²) in [6, 6.07) is 0. The number of anilines is 2. The van der Waals surface area contributed by atoms with Crippen molar-refractivity contribution in [2.24, 2.45) is 0 Å². The number of carbonyl (C=O) groups excluding carboxylic acids is 1. The van der Waals surface area contributed by atoms with Gasteiger partial charge in [-0.15, -0.1) is 11.3 Å². The highest BCUT2D eigenvalue weighted by Crippen LogP contribution is 2.43. The quantitative estimate of drug-likeness (QED) is 0.843. The summed E-state index contributed by atoms with van der Waals surface area (Å²) in [4.78, 5) is 14.5. The lowest BCUT2D eigenvalue weighted by atomic mass is 10.2. The molecule has 2 rings (SSSR count). The molecule has 2 N–H and O–H groups in total. The Kier molecular flexibility index (Phi) is 4.39. The van der Waals surface area contributed by atoms with E-state index in [1.54, 1.807) is 13.8 Å². The van der Waals surface area contributed by atoms with Crippen molar-refractivity contribution in [2.75, 3.05) is 29.5 Å². The van der Waals surface area contributed by atoms with Gasteiger partial charge in [-0.3, -0.25) is 4.79 Å². The Morgan fingerprint density at radius 1 is 1.30 bits per heavy atom. The fourth-order valence-corrected chi connectivity index (χ4v) is 5.23. The lowest BCUT2D eigenvalue weighted by Gasteiger charge is -2.17. The van der Waals surface area contributed by atoms with Crippen molar-refractivity contribution in [3.05, 3.63) is 4.88 Å². The number of nitrogen functional groups attached to an aromatic ring is 1. The number of ketones is 1. The van der Waals surface area contributed by atoms with Crippen LogP contribution in [0.4, 0.5) is 10.7 Å². The van der Waals surface area contributed by atoms with E-state index in [1.165, 1.54) is 11.3 Å². The van der Waals surface area contributed by atoms with Crippen LogP contribution >= 0.6 is 11.3 Å². The fraction of sp³-hybridized carbons (Fsp3) is 0.615. The van der Waals surface area contributed by atoms with Gasteiger partial charge in [0.25, 0.3) is 0 Å². The van der Waals surface area contributed by atoms with Gasteiger partial charge in [0.2, 0.25) is 0 Å².